The summed E-state index contributed by atoms with van der Waals surface area (Å²) in [6.45, 7) is 4.04. The van der Waals surface area contributed by atoms with Crippen molar-refractivity contribution in [3.05, 3.63) is 52.6 Å². The second-order valence-electron chi connectivity index (χ2n) is 9.01. The van der Waals surface area contributed by atoms with Crippen LogP contribution < -0.4 is 4.90 Å². The molecule has 1 unspecified atom stereocenters. The van der Waals surface area contributed by atoms with Gasteiger partial charge in [-0.25, -0.2) is 0 Å². The molecule has 1 aromatic carbocycles. The monoisotopic (exact) mass is 423 g/mol. The third-order valence-corrected chi connectivity index (χ3v) is 7.64. The normalized spacial score (nSPS) is 22.8. The van der Waals surface area contributed by atoms with Crippen molar-refractivity contribution in [1.82, 2.24) is 0 Å². The number of fused-ring (bicyclic) bond motifs is 1. The molecule has 0 N–H and O–H groups in total. The van der Waals surface area contributed by atoms with Crippen LogP contribution in [0.5, 0.6) is 0 Å². The molecule has 0 saturated heterocycles. The summed E-state index contributed by atoms with van der Waals surface area (Å²) in [5.74, 6) is -1.42. The number of allylic oxidation sites excluding steroid dienone is 3. The predicted octanol–water partition coefficient (Wildman–Crippen LogP) is 3.82. The zero-order valence-corrected chi connectivity index (χ0v) is 18.8. The van der Waals surface area contributed by atoms with E-state index in [9.17, 15) is 14.4 Å². The Kier molecular flexibility index (Phi) is 5.07. The summed E-state index contributed by atoms with van der Waals surface area (Å²) in [7, 11) is 4.39. The molecule has 2 fully saturated rings. The summed E-state index contributed by atoms with van der Waals surface area (Å²) in [5.41, 5.74) is 3.28. The van der Waals surface area contributed by atoms with Crippen molar-refractivity contribution in [2.45, 2.75) is 39.5 Å². The second kappa shape index (κ2) is 7.36. The van der Waals surface area contributed by atoms with Gasteiger partial charge in [0.2, 0.25) is 5.91 Å². The van der Waals surface area contributed by atoms with Gasteiger partial charge in [0.15, 0.2) is 5.41 Å². The number of carbonyl (C=O) groups excluding carboxylic acids is 3. The Bertz CT molecular complexity index is 1000. The molecule has 4 rings (SSSR count). The van der Waals surface area contributed by atoms with Crippen LogP contribution in [0.3, 0.4) is 0 Å². The molecule has 31 heavy (non-hydrogen) atoms. The van der Waals surface area contributed by atoms with Crippen LogP contribution in [0, 0.1) is 16.7 Å². The van der Waals surface area contributed by atoms with E-state index in [-0.39, 0.29) is 30.1 Å². The van der Waals surface area contributed by atoms with Gasteiger partial charge in [0, 0.05) is 18.2 Å². The Morgan fingerprint density at radius 1 is 0.935 bits per heavy atom. The highest BCUT2D eigenvalue weighted by Gasteiger charge is 2.62. The Labute approximate surface area is 182 Å². The van der Waals surface area contributed by atoms with Crippen LogP contribution in [0.25, 0.3) is 0 Å². The summed E-state index contributed by atoms with van der Waals surface area (Å²) in [6.07, 6.45) is 2.33. The van der Waals surface area contributed by atoms with E-state index in [2.05, 4.69) is 6.92 Å². The molecular formula is C25H29NO5. The number of hydrogen-bond donors (Lipinski definition) is 0. The number of hydrogen-bond acceptors (Lipinski definition) is 5. The number of rotatable bonds is 4. The molecular weight excluding hydrogens is 394 g/mol. The third-order valence-electron chi connectivity index (χ3n) is 7.64. The topological polar surface area (TPSA) is 72.9 Å². The molecule has 1 aromatic rings. The summed E-state index contributed by atoms with van der Waals surface area (Å²) >= 11 is 0. The van der Waals surface area contributed by atoms with Gasteiger partial charge in [0.25, 0.3) is 0 Å². The summed E-state index contributed by atoms with van der Waals surface area (Å²) in [5, 5.41) is 0. The molecule has 6 heteroatoms. The first kappa shape index (κ1) is 21.3. The third kappa shape index (κ3) is 2.95. The average Bonchev–Trinajstić information content (AvgIpc) is 3.47. The first-order valence-corrected chi connectivity index (χ1v) is 10.6. The van der Waals surface area contributed by atoms with E-state index < -0.39 is 17.4 Å². The van der Waals surface area contributed by atoms with Crippen LogP contribution in [-0.2, 0) is 23.9 Å². The predicted molar refractivity (Wildman–Crippen MR) is 116 cm³/mol. The van der Waals surface area contributed by atoms with Gasteiger partial charge in [0.1, 0.15) is 0 Å². The number of anilines is 1. The van der Waals surface area contributed by atoms with E-state index in [0.29, 0.717) is 0 Å². The molecule has 164 valence electrons. The van der Waals surface area contributed by atoms with Crippen LogP contribution in [0.2, 0.25) is 0 Å². The molecule has 1 amide bonds. The number of amides is 1. The minimum atomic E-state index is -1.38. The number of esters is 2. The number of carbonyl (C=O) groups is 3. The lowest BCUT2D eigenvalue weighted by Crippen LogP contribution is -2.40. The van der Waals surface area contributed by atoms with Crippen LogP contribution in [0.4, 0.5) is 5.69 Å². The maximum Gasteiger partial charge on any atom is 0.323 e. The van der Waals surface area contributed by atoms with E-state index in [1.807, 2.05) is 44.3 Å². The van der Waals surface area contributed by atoms with Crippen molar-refractivity contribution in [1.29, 1.82) is 0 Å². The molecule has 0 radical (unpaired) electrons. The lowest BCUT2D eigenvalue weighted by molar-refractivity contribution is -0.168. The second-order valence-corrected chi connectivity index (χ2v) is 9.01. The van der Waals surface area contributed by atoms with Gasteiger partial charge in [-0.15, -0.1) is 0 Å². The Hall–Kier alpha value is -2.89. The molecule has 3 aliphatic carbocycles. The first-order chi connectivity index (χ1) is 14.7. The zero-order valence-electron chi connectivity index (χ0n) is 18.8. The number of methoxy groups -OCH3 is 2. The maximum absolute atomic E-state index is 13.7. The largest absolute Gasteiger partial charge is 0.468 e. The Balaban J connectivity index is 1.79. The summed E-state index contributed by atoms with van der Waals surface area (Å²) in [6, 6.07) is 9.60. The van der Waals surface area contributed by atoms with E-state index in [1.54, 1.807) is 4.90 Å². The average molecular weight is 424 g/mol. The molecule has 3 aliphatic rings. The van der Waals surface area contributed by atoms with E-state index >= 15 is 0 Å². The quantitative estimate of drug-likeness (QED) is 0.544. The van der Waals surface area contributed by atoms with Crippen molar-refractivity contribution in [3.8, 4) is 0 Å². The van der Waals surface area contributed by atoms with Gasteiger partial charge < -0.3 is 14.4 Å². The molecule has 2 saturated carbocycles. The summed E-state index contributed by atoms with van der Waals surface area (Å²) in [4.78, 5) is 40.9. The van der Waals surface area contributed by atoms with Crippen molar-refractivity contribution in [2.24, 2.45) is 16.7 Å². The number of nitrogens with zero attached hydrogens (tertiary/aromatic N) is 1. The van der Waals surface area contributed by atoms with E-state index in [1.165, 1.54) is 14.2 Å². The highest BCUT2D eigenvalue weighted by Crippen LogP contribution is 2.67. The van der Waals surface area contributed by atoms with Crippen molar-refractivity contribution >= 4 is 23.5 Å². The molecule has 0 aromatic heterocycles. The van der Waals surface area contributed by atoms with Gasteiger partial charge in [-0.2, -0.15) is 0 Å². The lowest BCUT2D eigenvalue weighted by Gasteiger charge is -2.37. The zero-order chi connectivity index (χ0) is 22.6. The van der Waals surface area contributed by atoms with Gasteiger partial charge in [-0.3, -0.25) is 14.4 Å². The molecule has 1 atom stereocenters. The minimum absolute atomic E-state index is 0.0423. The SMILES string of the molecule is COC(=O)C1(C(=O)OC)CC2=C(C)C(C(=O)N(C)c3ccccc3)C3(CC3)C(C)=C2C1. The lowest BCUT2D eigenvalue weighted by atomic mass is 9.69. The van der Waals surface area contributed by atoms with Crippen LogP contribution in [-0.4, -0.2) is 39.1 Å². The van der Waals surface area contributed by atoms with Crippen LogP contribution in [0.15, 0.2) is 52.6 Å². The van der Waals surface area contributed by atoms with Crippen molar-refractivity contribution in [3.63, 3.8) is 0 Å². The van der Waals surface area contributed by atoms with Crippen LogP contribution in [0.1, 0.15) is 39.5 Å². The fraction of sp³-hybridized carbons (Fsp3) is 0.480. The van der Waals surface area contributed by atoms with Crippen molar-refractivity contribution < 1.29 is 23.9 Å². The van der Waals surface area contributed by atoms with Gasteiger partial charge >= 0.3 is 11.9 Å². The molecule has 0 aliphatic heterocycles. The summed E-state index contributed by atoms with van der Waals surface area (Å²) < 4.78 is 10.0. The fourth-order valence-electron chi connectivity index (χ4n) is 5.68. The molecule has 0 bridgehead atoms. The molecule has 1 spiro atoms. The number of benzene rings is 1. The Morgan fingerprint density at radius 3 is 2.00 bits per heavy atom. The molecule has 0 heterocycles. The first-order valence-electron chi connectivity index (χ1n) is 10.6. The minimum Gasteiger partial charge on any atom is -0.468 e. The molecule has 6 nitrogen and oxygen atoms in total. The number of para-hydroxylation sites is 1. The highest BCUT2D eigenvalue weighted by atomic mass is 16.5. The van der Waals surface area contributed by atoms with E-state index in [0.717, 1.165) is 40.8 Å². The van der Waals surface area contributed by atoms with E-state index in [4.69, 9.17) is 9.47 Å². The van der Waals surface area contributed by atoms with Gasteiger partial charge in [-0.1, -0.05) is 29.3 Å². The van der Waals surface area contributed by atoms with Crippen LogP contribution >= 0.6 is 0 Å². The van der Waals surface area contributed by atoms with Gasteiger partial charge in [-0.05, 0) is 62.8 Å². The smallest absolute Gasteiger partial charge is 0.323 e. The van der Waals surface area contributed by atoms with Gasteiger partial charge in [0.05, 0.1) is 20.1 Å². The Morgan fingerprint density at radius 2 is 1.48 bits per heavy atom. The van der Waals surface area contributed by atoms with Crippen molar-refractivity contribution in [2.75, 3.05) is 26.2 Å². The maximum atomic E-state index is 13.7. The number of ether oxygens (including phenoxy) is 2. The fourth-order valence-corrected chi connectivity index (χ4v) is 5.68. The highest BCUT2D eigenvalue weighted by molar-refractivity contribution is 6.03. The standard InChI is InChI=1S/C25H29NO5/c1-15-18-13-25(22(28)30-4,23(29)31-5)14-19(18)16(2)24(11-12-24)20(15)21(27)26(3)17-9-7-6-8-10-17/h6-10,20H,11-14H2,1-5H3.